The fourth-order valence-corrected chi connectivity index (χ4v) is 4.30. The number of nitrogens with one attached hydrogen (secondary N) is 3. The van der Waals surface area contributed by atoms with Crippen molar-refractivity contribution in [2.45, 2.75) is 51.5 Å². The van der Waals surface area contributed by atoms with Crippen molar-refractivity contribution in [1.29, 1.82) is 0 Å². The van der Waals surface area contributed by atoms with Crippen LogP contribution in [0.3, 0.4) is 0 Å². The van der Waals surface area contributed by atoms with Gasteiger partial charge < -0.3 is 10.6 Å². The zero-order valence-corrected chi connectivity index (χ0v) is 20.4. The lowest BCUT2D eigenvalue weighted by Gasteiger charge is -2.19. The summed E-state index contributed by atoms with van der Waals surface area (Å²) in [7, 11) is 0. The molecule has 1 aliphatic carbocycles. The van der Waals surface area contributed by atoms with E-state index in [1.807, 2.05) is 24.3 Å². The summed E-state index contributed by atoms with van der Waals surface area (Å²) in [4.78, 5) is 39.0. The van der Waals surface area contributed by atoms with Crippen molar-refractivity contribution in [2.24, 2.45) is 0 Å². The van der Waals surface area contributed by atoms with Crippen LogP contribution < -0.4 is 16.1 Å². The van der Waals surface area contributed by atoms with Crippen LogP contribution in [0.15, 0.2) is 59.7 Å². The number of hydrogen-bond acceptors (Lipinski definition) is 5. The van der Waals surface area contributed by atoms with Gasteiger partial charge in [-0.05, 0) is 41.5 Å². The molecule has 188 valence electrons. The maximum atomic E-state index is 12.5. The Labute approximate surface area is 207 Å². The molecule has 1 aliphatic heterocycles. The van der Waals surface area contributed by atoms with E-state index >= 15 is 0 Å². The molecule has 0 aromatic heterocycles. The van der Waals surface area contributed by atoms with Gasteiger partial charge in [0.1, 0.15) is 6.04 Å². The molecule has 2 aliphatic rings. The van der Waals surface area contributed by atoms with Gasteiger partial charge in [-0.25, -0.2) is 5.48 Å². The Balaban J connectivity index is 1.39. The molecule has 0 saturated heterocycles. The van der Waals surface area contributed by atoms with Crippen LogP contribution in [0.4, 0.5) is 0 Å². The third-order valence-corrected chi connectivity index (χ3v) is 6.29. The Morgan fingerprint density at radius 1 is 1.00 bits per heavy atom. The summed E-state index contributed by atoms with van der Waals surface area (Å²) in [6.45, 7) is 4.24. The lowest BCUT2D eigenvalue weighted by Crippen LogP contribution is -2.52. The molecule has 0 bridgehead atoms. The van der Waals surface area contributed by atoms with Gasteiger partial charge in [0.05, 0.1) is 0 Å². The number of benzene rings is 1. The van der Waals surface area contributed by atoms with E-state index in [1.165, 1.54) is 16.7 Å². The third kappa shape index (κ3) is 8.49. The molecular weight excluding hydrogens is 444 g/mol. The van der Waals surface area contributed by atoms with Gasteiger partial charge >= 0.3 is 0 Å². The maximum absolute atomic E-state index is 12.5. The van der Waals surface area contributed by atoms with Crippen LogP contribution in [0.5, 0.6) is 0 Å². The van der Waals surface area contributed by atoms with Crippen LogP contribution in [-0.2, 0) is 27.2 Å². The van der Waals surface area contributed by atoms with E-state index in [-0.39, 0.29) is 31.2 Å². The molecule has 0 saturated carbocycles. The van der Waals surface area contributed by atoms with Crippen molar-refractivity contribution in [3.05, 3.63) is 70.8 Å². The summed E-state index contributed by atoms with van der Waals surface area (Å²) < 4.78 is 0. The number of nitrogens with zero attached hydrogens (tertiary/aromatic N) is 1. The molecule has 8 heteroatoms. The number of carbonyl (C=O) groups is 3. The first-order chi connectivity index (χ1) is 17.0. The van der Waals surface area contributed by atoms with Crippen LogP contribution in [0.2, 0.25) is 0 Å². The van der Waals surface area contributed by atoms with Crippen molar-refractivity contribution < 1.29 is 19.6 Å². The Bertz CT molecular complexity index is 981. The minimum absolute atomic E-state index is 0.0941. The highest BCUT2D eigenvalue weighted by Crippen LogP contribution is 2.23. The second-order valence-electron chi connectivity index (χ2n) is 9.05. The summed E-state index contributed by atoms with van der Waals surface area (Å²) in [5, 5.41) is 14.4. The predicted octanol–water partition coefficient (Wildman–Crippen LogP) is 2.20. The minimum atomic E-state index is -1.05. The number of amides is 3. The van der Waals surface area contributed by atoms with Crippen molar-refractivity contribution >= 4 is 17.7 Å². The van der Waals surface area contributed by atoms with E-state index in [4.69, 9.17) is 5.21 Å². The zero-order valence-electron chi connectivity index (χ0n) is 20.4. The standard InChI is InChI=1S/C27H36N4O4/c1-2-6-20-9-11-21(12-10-20)13-14-25(32)28-17-24(27(34)30-35)29-26(33)15-16-31-18-22-7-4-3-5-8-23(22)19-31/h3-5,7,9-12,24,35H,2,6,8,13-19H2,1H3,(H,28,32)(H,29,33)(H,30,34)/t24-/m0/s1. The molecule has 1 aromatic rings. The Hall–Kier alpha value is -3.23. The lowest BCUT2D eigenvalue weighted by atomic mass is 10.0. The topological polar surface area (TPSA) is 111 Å². The van der Waals surface area contributed by atoms with Gasteiger partial charge in [-0.1, -0.05) is 61.9 Å². The quantitative estimate of drug-likeness (QED) is 0.271. The Morgan fingerprint density at radius 3 is 2.46 bits per heavy atom. The van der Waals surface area contributed by atoms with Gasteiger partial charge in [-0.15, -0.1) is 0 Å². The first-order valence-electron chi connectivity index (χ1n) is 12.3. The molecule has 3 amide bonds. The van der Waals surface area contributed by atoms with E-state index in [0.29, 0.717) is 13.0 Å². The fourth-order valence-electron chi connectivity index (χ4n) is 4.30. The molecule has 1 atom stereocenters. The van der Waals surface area contributed by atoms with Crippen LogP contribution >= 0.6 is 0 Å². The van der Waals surface area contributed by atoms with Crippen LogP contribution in [0.25, 0.3) is 0 Å². The average Bonchev–Trinajstić information content (AvgIpc) is 3.13. The van der Waals surface area contributed by atoms with E-state index < -0.39 is 11.9 Å². The molecule has 35 heavy (non-hydrogen) atoms. The molecule has 3 rings (SSSR count). The second-order valence-corrected chi connectivity index (χ2v) is 9.05. The Kier molecular flexibility index (Phi) is 10.3. The number of allylic oxidation sites excluding steroid dienone is 3. The van der Waals surface area contributed by atoms with E-state index in [0.717, 1.165) is 37.9 Å². The third-order valence-electron chi connectivity index (χ3n) is 6.29. The molecule has 4 N–H and O–H groups in total. The molecular formula is C27H36N4O4. The second kappa shape index (κ2) is 13.6. The van der Waals surface area contributed by atoms with Crippen LogP contribution in [0.1, 0.15) is 43.7 Å². The molecule has 0 fully saturated rings. The summed E-state index contributed by atoms with van der Waals surface area (Å²) in [6, 6.07) is 7.17. The van der Waals surface area contributed by atoms with Crippen molar-refractivity contribution in [1.82, 2.24) is 21.0 Å². The monoisotopic (exact) mass is 480 g/mol. The average molecular weight is 481 g/mol. The van der Waals surface area contributed by atoms with Crippen molar-refractivity contribution in [3.8, 4) is 0 Å². The van der Waals surface area contributed by atoms with Gasteiger partial charge in [-0.2, -0.15) is 0 Å². The van der Waals surface area contributed by atoms with Gasteiger partial charge in [0, 0.05) is 39.0 Å². The van der Waals surface area contributed by atoms with Crippen LogP contribution in [-0.4, -0.2) is 60.0 Å². The highest BCUT2D eigenvalue weighted by molar-refractivity contribution is 5.88. The fraction of sp³-hybridized carbons (Fsp3) is 0.444. The van der Waals surface area contributed by atoms with Crippen molar-refractivity contribution in [3.63, 3.8) is 0 Å². The van der Waals surface area contributed by atoms with E-state index in [9.17, 15) is 14.4 Å². The smallest absolute Gasteiger partial charge is 0.267 e. The molecule has 0 spiro atoms. The summed E-state index contributed by atoms with van der Waals surface area (Å²) in [5.74, 6) is -1.30. The van der Waals surface area contributed by atoms with Gasteiger partial charge in [0.2, 0.25) is 11.8 Å². The van der Waals surface area contributed by atoms with E-state index in [1.54, 1.807) is 5.48 Å². The number of rotatable bonds is 12. The zero-order chi connectivity index (χ0) is 25.0. The molecule has 0 unspecified atom stereocenters. The predicted molar refractivity (Wildman–Crippen MR) is 135 cm³/mol. The van der Waals surface area contributed by atoms with E-state index in [2.05, 4.69) is 46.7 Å². The normalized spacial score (nSPS) is 15.9. The highest BCUT2D eigenvalue weighted by atomic mass is 16.5. The highest BCUT2D eigenvalue weighted by Gasteiger charge is 2.23. The van der Waals surface area contributed by atoms with Gasteiger partial charge in [0.25, 0.3) is 5.91 Å². The summed E-state index contributed by atoms with van der Waals surface area (Å²) >= 11 is 0. The lowest BCUT2D eigenvalue weighted by molar-refractivity contribution is -0.135. The number of hydroxylamine groups is 1. The first-order valence-corrected chi connectivity index (χ1v) is 12.3. The number of hydrogen-bond donors (Lipinski definition) is 4. The number of aryl methyl sites for hydroxylation is 2. The summed E-state index contributed by atoms with van der Waals surface area (Å²) in [6.07, 6.45) is 12.5. The SMILES string of the molecule is CCCc1ccc(CCC(=O)NC[C@H](NC(=O)CCN2CC3=C(CC=CC=C3)C2)C(=O)NO)cc1. The molecule has 1 aromatic carbocycles. The minimum Gasteiger partial charge on any atom is -0.353 e. The first kappa shape index (κ1) is 26.4. The summed E-state index contributed by atoms with van der Waals surface area (Å²) in [5.41, 5.74) is 6.58. The van der Waals surface area contributed by atoms with Crippen LogP contribution in [0, 0.1) is 0 Å². The van der Waals surface area contributed by atoms with Gasteiger partial charge in [-0.3, -0.25) is 24.5 Å². The van der Waals surface area contributed by atoms with Crippen molar-refractivity contribution in [2.75, 3.05) is 26.2 Å². The van der Waals surface area contributed by atoms with Gasteiger partial charge in [0.15, 0.2) is 0 Å². The molecule has 8 nitrogen and oxygen atoms in total. The maximum Gasteiger partial charge on any atom is 0.267 e. The molecule has 1 heterocycles. The molecule has 0 radical (unpaired) electrons. The largest absolute Gasteiger partial charge is 0.353 e. The number of carbonyl (C=O) groups excluding carboxylic acids is 3. The Morgan fingerprint density at radius 2 is 1.74 bits per heavy atom.